The number of hydrogen-bond donors (Lipinski definition) is 2. The fourth-order valence-electron chi connectivity index (χ4n) is 3.34. The van der Waals surface area contributed by atoms with Gasteiger partial charge in [0.25, 0.3) is 0 Å². The zero-order valence-corrected chi connectivity index (χ0v) is 16.8. The van der Waals surface area contributed by atoms with Crippen molar-refractivity contribution in [3.8, 4) is 23.3 Å². The lowest BCUT2D eigenvalue weighted by Gasteiger charge is -2.23. The molecular formula is C23H25N4O3+. The van der Waals surface area contributed by atoms with E-state index in [4.69, 9.17) is 13.9 Å². The molecule has 2 aromatic carbocycles. The maximum absolute atomic E-state index is 9.39. The van der Waals surface area contributed by atoms with Gasteiger partial charge in [0.2, 0.25) is 17.5 Å². The molecule has 0 bridgehead atoms. The van der Waals surface area contributed by atoms with Gasteiger partial charge in [0.1, 0.15) is 31.5 Å². The first-order valence-corrected chi connectivity index (χ1v) is 10.1. The zero-order chi connectivity index (χ0) is 20.6. The van der Waals surface area contributed by atoms with Crippen molar-refractivity contribution in [1.29, 1.82) is 5.26 Å². The van der Waals surface area contributed by atoms with Gasteiger partial charge in [-0.15, -0.1) is 0 Å². The minimum atomic E-state index is 0.270. The number of oxazole rings is 1. The van der Waals surface area contributed by atoms with E-state index in [-0.39, 0.29) is 5.69 Å². The smallest absolute Gasteiger partial charge is 0.232 e. The molecule has 3 aromatic rings. The molecule has 0 radical (unpaired) electrons. The summed E-state index contributed by atoms with van der Waals surface area (Å²) >= 11 is 0. The lowest BCUT2D eigenvalue weighted by atomic mass is 10.2. The second-order valence-electron chi connectivity index (χ2n) is 7.15. The monoisotopic (exact) mass is 405 g/mol. The minimum absolute atomic E-state index is 0.270. The molecule has 0 aliphatic carbocycles. The summed E-state index contributed by atoms with van der Waals surface area (Å²) in [5.41, 5.74) is 2.18. The van der Waals surface area contributed by atoms with Crippen molar-refractivity contribution < 1.29 is 18.8 Å². The fourth-order valence-corrected chi connectivity index (χ4v) is 3.34. The van der Waals surface area contributed by atoms with Crippen molar-refractivity contribution in [2.45, 2.75) is 6.61 Å². The molecule has 1 fully saturated rings. The zero-order valence-electron chi connectivity index (χ0n) is 16.8. The van der Waals surface area contributed by atoms with E-state index in [0.717, 1.165) is 49.7 Å². The van der Waals surface area contributed by atoms with Crippen LogP contribution in [0.3, 0.4) is 0 Å². The summed E-state index contributed by atoms with van der Waals surface area (Å²) in [6, 6.07) is 19.6. The van der Waals surface area contributed by atoms with Crippen LogP contribution in [0, 0.1) is 11.3 Å². The highest BCUT2D eigenvalue weighted by molar-refractivity contribution is 5.59. The summed E-state index contributed by atoms with van der Waals surface area (Å²) in [6.07, 6.45) is 0. The van der Waals surface area contributed by atoms with E-state index in [1.54, 1.807) is 0 Å². The van der Waals surface area contributed by atoms with Crippen molar-refractivity contribution in [2.75, 3.05) is 44.7 Å². The molecule has 1 aliphatic heterocycles. The molecule has 7 heteroatoms. The van der Waals surface area contributed by atoms with Gasteiger partial charge in [0.15, 0.2) is 0 Å². The highest BCUT2D eigenvalue weighted by Crippen LogP contribution is 2.27. The quantitative estimate of drug-likeness (QED) is 0.597. The number of hydrogen-bond acceptors (Lipinski definition) is 6. The summed E-state index contributed by atoms with van der Waals surface area (Å²) in [5, 5.41) is 12.6. The van der Waals surface area contributed by atoms with E-state index in [0.29, 0.717) is 24.9 Å². The largest absolute Gasteiger partial charge is 0.489 e. The molecule has 30 heavy (non-hydrogen) atoms. The van der Waals surface area contributed by atoms with Crippen LogP contribution in [0.25, 0.3) is 11.5 Å². The molecule has 2 N–H and O–H groups in total. The van der Waals surface area contributed by atoms with Gasteiger partial charge in [-0.1, -0.05) is 30.3 Å². The van der Waals surface area contributed by atoms with Crippen LogP contribution in [0.5, 0.6) is 5.75 Å². The predicted octanol–water partition coefficient (Wildman–Crippen LogP) is 2.12. The lowest BCUT2D eigenvalue weighted by Crippen LogP contribution is -3.14. The highest BCUT2D eigenvalue weighted by Gasteiger charge is 2.17. The molecule has 1 aromatic heterocycles. The van der Waals surface area contributed by atoms with Gasteiger partial charge < -0.3 is 24.1 Å². The van der Waals surface area contributed by atoms with Crippen molar-refractivity contribution in [3.05, 3.63) is 65.9 Å². The van der Waals surface area contributed by atoms with Crippen LogP contribution < -0.4 is 15.0 Å². The Kier molecular flexibility index (Phi) is 6.60. The lowest BCUT2D eigenvalue weighted by molar-refractivity contribution is -0.906. The predicted molar refractivity (Wildman–Crippen MR) is 112 cm³/mol. The normalized spacial score (nSPS) is 14.2. The highest BCUT2D eigenvalue weighted by atomic mass is 16.5. The third-order valence-electron chi connectivity index (χ3n) is 5.05. The molecule has 0 atom stereocenters. The molecule has 0 spiro atoms. The number of quaternary nitrogens is 1. The Balaban J connectivity index is 1.35. The number of anilines is 1. The van der Waals surface area contributed by atoms with Crippen LogP contribution in [0.2, 0.25) is 0 Å². The van der Waals surface area contributed by atoms with Crippen molar-refractivity contribution in [1.82, 2.24) is 4.98 Å². The molecule has 2 heterocycles. The van der Waals surface area contributed by atoms with Crippen molar-refractivity contribution >= 4 is 5.88 Å². The summed E-state index contributed by atoms with van der Waals surface area (Å²) in [4.78, 5) is 5.81. The Hall–Kier alpha value is -3.34. The minimum Gasteiger partial charge on any atom is -0.489 e. The molecule has 154 valence electrons. The number of benzene rings is 2. The number of aromatic nitrogens is 1. The topological polar surface area (TPSA) is 84.8 Å². The SMILES string of the molecule is N#Cc1nc(-c2ccc(OCc3ccccc3)cc2)oc1NCC[NH+]1CCOCC1. The van der Waals surface area contributed by atoms with Crippen LogP contribution in [0.1, 0.15) is 11.3 Å². The van der Waals surface area contributed by atoms with Crippen LogP contribution in [-0.4, -0.2) is 44.4 Å². The van der Waals surface area contributed by atoms with E-state index in [2.05, 4.69) is 16.4 Å². The number of ether oxygens (including phenoxy) is 2. The number of nitrogens with zero attached hydrogens (tertiary/aromatic N) is 2. The summed E-state index contributed by atoms with van der Waals surface area (Å²) in [7, 11) is 0. The number of morpholine rings is 1. The number of nitriles is 1. The Labute approximate surface area is 175 Å². The van der Waals surface area contributed by atoms with E-state index in [9.17, 15) is 5.26 Å². The van der Waals surface area contributed by atoms with Gasteiger partial charge in [0.05, 0.1) is 26.3 Å². The van der Waals surface area contributed by atoms with Gasteiger partial charge in [-0.2, -0.15) is 10.2 Å². The van der Waals surface area contributed by atoms with Gasteiger partial charge in [-0.25, -0.2) is 0 Å². The number of nitrogens with one attached hydrogen (secondary N) is 2. The molecule has 7 nitrogen and oxygen atoms in total. The summed E-state index contributed by atoms with van der Waals surface area (Å²) < 4.78 is 17.0. The van der Waals surface area contributed by atoms with E-state index >= 15 is 0 Å². The average Bonchev–Trinajstić information content (AvgIpc) is 3.23. The Bertz CT molecular complexity index is 974. The molecule has 0 saturated carbocycles. The van der Waals surface area contributed by atoms with E-state index < -0.39 is 0 Å². The Morgan fingerprint density at radius 2 is 1.83 bits per heavy atom. The van der Waals surface area contributed by atoms with Gasteiger partial charge in [-0.3, -0.25) is 0 Å². The molecule has 0 amide bonds. The molecular weight excluding hydrogens is 380 g/mol. The second kappa shape index (κ2) is 9.92. The Morgan fingerprint density at radius 3 is 2.57 bits per heavy atom. The number of rotatable bonds is 8. The first kappa shape index (κ1) is 20.0. The maximum atomic E-state index is 9.39. The van der Waals surface area contributed by atoms with E-state index in [1.807, 2.05) is 54.6 Å². The molecule has 1 aliphatic rings. The van der Waals surface area contributed by atoms with E-state index in [1.165, 1.54) is 4.90 Å². The van der Waals surface area contributed by atoms with Crippen molar-refractivity contribution in [3.63, 3.8) is 0 Å². The molecule has 0 unspecified atom stereocenters. The standard InChI is InChI=1S/C23H24N4O3/c24-16-21-23(25-10-11-27-12-14-28-15-13-27)30-22(26-21)19-6-8-20(9-7-19)29-17-18-4-2-1-3-5-18/h1-9,25H,10-15,17H2/p+1. The first-order chi connectivity index (χ1) is 14.8. The Morgan fingerprint density at radius 1 is 1.07 bits per heavy atom. The maximum Gasteiger partial charge on any atom is 0.232 e. The van der Waals surface area contributed by atoms with Crippen LogP contribution in [0.15, 0.2) is 59.0 Å². The molecule has 1 saturated heterocycles. The van der Waals surface area contributed by atoms with Crippen LogP contribution >= 0.6 is 0 Å². The molecule has 4 rings (SSSR count). The van der Waals surface area contributed by atoms with Crippen molar-refractivity contribution in [2.24, 2.45) is 0 Å². The third kappa shape index (κ3) is 5.17. The third-order valence-corrected chi connectivity index (χ3v) is 5.05. The average molecular weight is 405 g/mol. The van der Waals surface area contributed by atoms with Gasteiger partial charge in [-0.05, 0) is 29.8 Å². The summed E-state index contributed by atoms with van der Waals surface area (Å²) in [5.74, 6) is 1.61. The summed E-state index contributed by atoms with van der Waals surface area (Å²) in [6.45, 7) is 5.78. The van der Waals surface area contributed by atoms with Gasteiger partial charge >= 0.3 is 0 Å². The second-order valence-corrected chi connectivity index (χ2v) is 7.15. The van der Waals surface area contributed by atoms with Gasteiger partial charge in [0, 0.05) is 5.56 Å². The first-order valence-electron chi connectivity index (χ1n) is 10.1. The van der Waals surface area contributed by atoms with Crippen LogP contribution in [-0.2, 0) is 11.3 Å². The van der Waals surface area contributed by atoms with Crippen LogP contribution in [0.4, 0.5) is 5.88 Å². The fraction of sp³-hybridized carbons (Fsp3) is 0.304.